The zero-order valence-electron chi connectivity index (χ0n) is 15.8. The number of rotatable bonds is 9. The van der Waals surface area contributed by atoms with Gasteiger partial charge in [-0.1, -0.05) is 30.3 Å². The summed E-state index contributed by atoms with van der Waals surface area (Å²) in [6, 6.07) is 11.9. The van der Waals surface area contributed by atoms with Gasteiger partial charge < -0.3 is 15.4 Å². The van der Waals surface area contributed by atoms with Gasteiger partial charge in [0.25, 0.3) is 0 Å². The Morgan fingerprint density at radius 3 is 2.41 bits per heavy atom. The van der Waals surface area contributed by atoms with Crippen molar-refractivity contribution in [2.45, 2.75) is 11.8 Å². The van der Waals surface area contributed by atoms with E-state index in [9.17, 15) is 12.8 Å². The maximum Gasteiger partial charge on any atom is 0.240 e. The molecular weight excluding hydrogens is 397 g/mol. The number of aliphatic hydroxyl groups excluding tert-OH is 1. The normalized spacial score (nSPS) is 11.7. The van der Waals surface area contributed by atoms with Gasteiger partial charge in [-0.05, 0) is 19.1 Å². The molecule has 0 aliphatic heterocycles. The third-order valence-electron chi connectivity index (χ3n) is 4.28. The summed E-state index contributed by atoms with van der Waals surface area (Å²) >= 11 is 0. The number of hydrogen-bond acceptors (Lipinski definition) is 6. The first-order chi connectivity index (χ1) is 13.9. The molecule has 0 aliphatic carbocycles. The molecule has 2 aromatic carbocycles. The van der Waals surface area contributed by atoms with E-state index in [4.69, 9.17) is 5.11 Å². The average molecular weight is 419 g/mol. The first-order valence-electron chi connectivity index (χ1n) is 9.02. The molecule has 29 heavy (non-hydrogen) atoms. The molecule has 0 saturated heterocycles. The number of sulfonamides is 1. The molecule has 1 heterocycles. The fourth-order valence-electron chi connectivity index (χ4n) is 2.74. The Labute approximate surface area is 168 Å². The Morgan fingerprint density at radius 2 is 1.72 bits per heavy atom. The van der Waals surface area contributed by atoms with E-state index in [1.807, 2.05) is 30.3 Å². The molecule has 8 nitrogen and oxygen atoms in total. The van der Waals surface area contributed by atoms with Crippen molar-refractivity contribution in [3.05, 3.63) is 53.8 Å². The number of nitrogens with zero attached hydrogens (tertiary/aromatic N) is 2. The summed E-state index contributed by atoms with van der Waals surface area (Å²) in [4.78, 5) is 2.84. The highest BCUT2D eigenvalue weighted by Crippen LogP contribution is 2.26. The number of aromatic amines is 1. The minimum absolute atomic E-state index is 0.0207. The van der Waals surface area contributed by atoms with Gasteiger partial charge in [-0.3, -0.25) is 0 Å². The highest BCUT2D eigenvalue weighted by Gasteiger charge is 2.21. The van der Waals surface area contributed by atoms with Crippen LogP contribution in [-0.2, 0) is 10.0 Å². The second-order valence-corrected chi connectivity index (χ2v) is 8.08. The van der Waals surface area contributed by atoms with Gasteiger partial charge in [0.15, 0.2) is 11.6 Å². The van der Waals surface area contributed by atoms with Crippen LogP contribution in [0.3, 0.4) is 0 Å². The molecule has 0 fully saturated rings. The number of H-pyrrole nitrogens is 1. The molecule has 0 saturated carbocycles. The maximum absolute atomic E-state index is 14.5. The summed E-state index contributed by atoms with van der Waals surface area (Å²) < 4.78 is 42.2. The van der Waals surface area contributed by atoms with Crippen LogP contribution in [0.4, 0.5) is 4.39 Å². The van der Waals surface area contributed by atoms with Crippen LogP contribution in [-0.4, -0.2) is 54.9 Å². The quantitative estimate of drug-likeness (QED) is 0.390. The minimum Gasteiger partial charge on any atom is -0.395 e. The second-order valence-electron chi connectivity index (χ2n) is 6.34. The van der Waals surface area contributed by atoms with Gasteiger partial charge >= 0.3 is 0 Å². The smallest absolute Gasteiger partial charge is 0.240 e. The highest BCUT2D eigenvalue weighted by molar-refractivity contribution is 7.89. The van der Waals surface area contributed by atoms with Gasteiger partial charge in [0.1, 0.15) is 5.82 Å². The lowest BCUT2D eigenvalue weighted by molar-refractivity contribution is 0.293. The Balaban J connectivity index is 1.87. The molecule has 0 aliphatic rings. The van der Waals surface area contributed by atoms with Gasteiger partial charge in [-0.25, -0.2) is 17.5 Å². The second kappa shape index (κ2) is 9.23. The topological polar surface area (TPSA) is 120 Å². The van der Waals surface area contributed by atoms with Crippen molar-refractivity contribution in [2.24, 2.45) is 0 Å². The van der Waals surface area contributed by atoms with E-state index in [2.05, 4.69) is 25.2 Å². The van der Waals surface area contributed by atoms with Crippen molar-refractivity contribution >= 4 is 10.0 Å². The molecule has 1 aromatic heterocycles. The number of benzene rings is 2. The van der Waals surface area contributed by atoms with Gasteiger partial charge in [-0.15, -0.1) is 10.2 Å². The summed E-state index contributed by atoms with van der Waals surface area (Å²) in [7, 11) is -3.93. The molecule has 0 unspecified atom stereocenters. The van der Waals surface area contributed by atoms with Crippen LogP contribution in [0, 0.1) is 12.7 Å². The van der Waals surface area contributed by atoms with Gasteiger partial charge in [-0.2, -0.15) is 0 Å². The number of hydrogen-bond donors (Lipinski definition) is 4. The number of aliphatic hydroxyl groups is 1. The molecule has 10 heteroatoms. The zero-order valence-corrected chi connectivity index (χ0v) is 16.6. The van der Waals surface area contributed by atoms with E-state index in [-0.39, 0.29) is 35.0 Å². The van der Waals surface area contributed by atoms with Crippen molar-refractivity contribution in [1.82, 2.24) is 25.2 Å². The Morgan fingerprint density at radius 1 is 1.03 bits per heavy atom. The van der Waals surface area contributed by atoms with Crippen LogP contribution in [0.15, 0.2) is 47.4 Å². The Hall–Kier alpha value is -2.66. The van der Waals surface area contributed by atoms with E-state index in [0.29, 0.717) is 18.9 Å². The van der Waals surface area contributed by atoms with E-state index >= 15 is 0 Å². The molecule has 0 atom stereocenters. The molecule has 154 valence electrons. The third kappa shape index (κ3) is 5.04. The first-order valence-corrected chi connectivity index (χ1v) is 10.5. The molecular formula is C19H22FN5O3S. The summed E-state index contributed by atoms with van der Waals surface area (Å²) in [5, 5.41) is 19.7. The van der Waals surface area contributed by atoms with E-state index < -0.39 is 15.8 Å². The number of halogens is 1. The molecule has 3 rings (SSSR count). The van der Waals surface area contributed by atoms with Gasteiger partial charge in [0.2, 0.25) is 10.0 Å². The van der Waals surface area contributed by atoms with Crippen LogP contribution in [0.2, 0.25) is 0 Å². The number of aromatic nitrogens is 3. The highest BCUT2D eigenvalue weighted by atomic mass is 32.2. The average Bonchev–Trinajstić information content (AvgIpc) is 3.20. The van der Waals surface area contributed by atoms with Gasteiger partial charge in [0.05, 0.1) is 11.5 Å². The molecule has 4 N–H and O–H groups in total. The van der Waals surface area contributed by atoms with Gasteiger partial charge in [0, 0.05) is 36.3 Å². The predicted molar refractivity (Wildman–Crippen MR) is 107 cm³/mol. The largest absolute Gasteiger partial charge is 0.395 e. The van der Waals surface area contributed by atoms with Crippen molar-refractivity contribution < 1.29 is 17.9 Å². The lowest BCUT2D eigenvalue weighted by Gasteiger charge is -2.12. The lowest BCUT2D eigenvalue weighted by atomic mass is 10.1. The SMILES string of the molecule is Cc1c(F)cc(-c2nnc(-c3ccccc3)[nH]2)cc1S(=O)(=O)NCCNCCO. The van der Waals surface area contributed by atoms with Crippen LogP contribution in [0.5, 0.6) is 0 Å². The van der Waals surface area contributed by atoms with Crippen LogP contribution in [0.1, 0.15) is 5.56 Å². The zero-order chi connectivity index (χ0) is 20.9. The summed E-state index contributed by atoms with van der Waals surface area (Å²) in [6.07, 6.45) is 0. The maximum atomic E-state index is 14.5. The Kier molecular flexibility index (Phi) is 6.70. The molecule has 0 bridgehead atoms. The van der Waals surface area contributed by atoms with Crippen LogP contribution in [0.25, 0.3) is 22.8 Å². The summed E-state index contributed by atoms with van der Waals surface area (Å²) in [5.74, 6) is 0.113. The standard InChI is InChI=1S/C19H22FN5O3S/c1-13-16(20)11-15(12-17(13)29(27,28)22-8-7-21-9-10-26)19-23-18(24-25-19)14-5-3-2-4-6-14/h2-6,11-12,21-22,26H,7-10H2,1H3,(H,23,24,25). The third-order valence-corrected chi connectivity index (χ3v) is 5.86. The molecule has 0 spiro atoms. The predicted octanol–water partition coefficient (Wildman–Crippen LogP) is 1.45. The first kappa shape index (κ1) is 21.1. The van der Waals surface area contributed by atoms with E-state index in [0.717, 1.165) is 5.56 Å². The van der Waals surface area contributed by atoms with Crippen LogP contribution < -0.4 is 10.0 Å². The minimum atomic E-state index is -3.93. The van der Waals surface area contributed by atoms with Crippen molar-refractivity contribution in [3.8, 4) is 22.8 Å². The molecule has 3 aromatic rings. The number of nitrogens with one attached hydrogen (secondary N) is 3. The monoisotopic (exact) mass is 419 g/mol. The summed E-state index contributed by atoms with van der Waals surface area (Å²) in [6.45, 7) is 2.17. The fourth-order valence-corrected chi connectivity index (χ4v) is 4.05. The molecule has 0 amide bonds. The van der Waals surface area contributed by atoms with Crippen molar-refractivity contribution in [3.63, 3.8) is 0 Å². The lowest BCUT2D eigenvalue weighted by Crippen LogP contribution is -2.33. The van der Waals surface area contributed by atoms with Crippen molar-refractivity contribution in [1.29, 1.82) is 0 Å². The molecule has 0 radical (unpaired) electrons. The summed E-state index contributed by atoms with van der Waals surface area (Å²) in [5.41, 5.74) is 1.11. The van der Waals surface area contributed by atoms with E-state index in [1.54, 1.807) is 0 Å². The Bertz CT molecular complexity index is 1070. The fraction of sp³-hybridized carbons (Fsp3) is 0.263. The van der Waals surface area contributed by atoms with E-state index in [1.165, 1.54) is 19.1 Å². The van der Waals surface area contributed by atoms with Crippen LogP contribution >= 0.6 is 0 Å². The van der Waals surface area contributed by atoms with Crippen molar-refractivity contribution in [2.75, 3.05) is 26.2 Å².